The van der Waals surface area contributed by atoms with Gasteiger partial charge in [-0.2, -0.15) is 0 Å². The van der Waals surface area contributed by atoms with Crippen molar-refractivity contribution in [3.05, 3.63) is 0 Å². The lowest BCUT2D eigenvalue weighted by atomic mass is 10.0. The highest BCUT2D eigenvalue weighted by atomic mass is 16.5. The second-order valence-corrected chi connectivity index (χ2v) is 10.7. The zero-order valence-corrected chi connectivity index (χ0v) is 24.1. The lowest BCUT2D eigenvalue weighted by Crippen LogP contribution is -2.49. The molecule has 0 radical (unpaired) electrons. The maximum Gasteiger partial charge on any atom is 0.305 e. The molecular formula is C30H58N2O4. The summed E-state index contributed by atoms with van der Waals surface area (Å²) in [5.74, 6) is -0.483. The maximum atomic E-state index is 12.6. The van der Waals surface area contributed by atoms with Gasteiger partial charge in [-0.3, -0.25) is 14.4 Å². The second kappa shape index (κ2) is 25.1. The van der Waals surface area contributed by atoms with Crippen molar-refractivity contribution in [1.29, 1.82) is 0 Å². The van der Waals surface area contributed by atoms with Crippen LogP contribution in [0.15, 0.2) is 0 Å². The molecule has 1 atom stereocenters. The molecule has 0 aromatic heterocycles. The molecule has 0 aromatic carbocycles. The van der Waals surface area contributed by atoms with Crippen molar-refractivity contribution in [2.75, 3.05) is 13.7 Å². The Bertz CT molecular complexity index is 551. The number of hydrogen-bond donors (Lipinski definition) is 2. The van der Waals surface area contributed by atoms with Crippen LogP contribution in [0.2, 0.25) is 0 Å². The molecule has 0 aliphatic heterocycles. The monoisotopic (exact) mass is 510 g/mol. The number of nitrogens with one attached hydrogen (secondary N) is 2. The van der Waals surface area contributed by atoms with Crippen molar-refractivity contribution in [2.45, 2.75) is 155 Å². The zero-order chi connectivity index (χ0) is 26.9. The van der Waals surface area contributed by atoms with E-state index in [0.717, 1.165) is 12.8 Å². The van der Waals surface area contributed by atoms with Gasteiger partial charge in [-0.25, -0.2) is 0 Å². The van der Waals surface area contributed by atoms with Gasteiger partial charge in [0.05, 0.1) is 7.11 Å². The van der Waals surface area contributed by atoms with E-state index >= 15 is 0 Å². The molecule has 0 fully saturated rings. The van der Waals surface area contributed by atoms with Gasteiger partial charge in [0.2, 0.25) is 11.8 Å². The molecule has 2 N–H and O–H groups in total. The minimum Gasteiger partial charge on any atom is -0.469 e. The second-order valence-electron chi connectivity index (χ2n) is 10.7. The highest BCUT2D eigenvalue weighted by Gasteiger charge is 2.23. The van der Waals surface area contributed by atoms with Crippen LogP contribution in [0.4, 0.5) is 0 Å². The molecule has 0 saturated carbocycles. The predicted molar refractivity (Wildman–Crippen MR) is 150 cm³/mol. The first-order chi connectivity index (χ1) is 17.4. The van der Waals surface area contributed by atoms with E-state index in [4.69, 9.17) is 0 Å². The fraction of sp³-hybridized carbons (Fsp3) is 0.900. The molecule has 0 heterocycles. The summed E-state index contributed by atoms with van der Waals surface area (Å²) < 4.78 is 4.60. The minimum absolute atomic E-state index is 0.0230. The third kappa shape index (κ3) is 21.7. The van der Waals surface area contributed by atoms with Crippen LogP contribution in [0.5, 0.6) is 0 Å². The highest BCUT2D eigenvalue weighted by Crippen LogP contribution is 2.13. The summed E-state index contributed by atoms with van der Waals surface area (Å²) >= 11 is 0. The van der Waals surface area contributed by atoms with Crippen LogP contribution in [-0.4, -0.2) is 37.5 Å². The average molecular weight is 511 g/mol. The number of esters is 1. The van der Waals surface area contributed by atoms with Gasteiger partial charge >= 0.3 is 5.97 Å². The van der Waals surface area contributed by atoms with Gasteiger partial charge < -0.3 is 15.4 Å². The van der Waals surface area contributed by atoms with Crippen molar-refractivity contribution < 1.29 is 19.1 Å². The van der Waals surface area contributed by atoms with Crippen molar-refractivity contribution in [3.63, 3.8) is 0 Å². The molecule has 0 aromatic rings. The number of ether oxygens (including phenoxy) is 1. The first-order valence-electron chi connectivity index (χ1n) is 15.1. The lowest BCUT2D eigenvalue weighted by molar-refractivity contribution is -0.140. The molecule has 0 aliphatic carbocycles. The van der Waals surface area contributed by atoms with Crippen LogP contribution >= 0.6 is 0 Å². The zero-order valence-electron chi connectivity index (χ0n) is 24.1. The van der Waals surface area contributed by atoms with E-state index in [1.807, 2.05) is 13.8 Å². The van der Waals surface area contributed by atoms with Crippen molar-refractivity contribution in [1.82, 2.24) is 10.6 Å². The number of carbonyl (C=O) groups excluding carboxylic acids is 3. The van der Waals surface area contributed by atoms with Gasteiger partial charge in [-0.1, -0.05) is 117 Å². The largest absolute Gasteiger partial charge is 0.469 e. The quantitative estimate of drug-likeness (QED) is 0.100. The molecule has 0 aliphatic rings. The van der Waals surface area contributed by atoms with Crippen molar-refractivity contribution in [3.8, 4) is 0 Å². The van der Waals surface area contributed by atoms with Crippen molar-refractivity contribution >= 4 is 17.8 Å². The number of unbranched alkanes of at least 4 members (excludes halogenated alkanes) is 16. The maximum absolute atomic E-state index is 12.6. The molecule has 0 saturated heterocycles. The Labute approximate surface area is 222 Å². The molecule has 2 amide bonds. The Morgan fingerprint density at radius 1 is 0.639 bits per heavy atom. The molecule has 0 bridgehead atoms. The number of hydrogen-bond acceptors (Lipinski definition) is 4. The Hall–Kier alpha value is -1.59. The molecule has 6 heteroatoms. The summed E-state index contributed by atoms with van der Waals surface area (Å²) in [5.41, 5.74) is 0. The van der Waals surface area contributed by atoms with Gasteiger partial charge in [0.1, 0.15) is 6.04 Å². The van der Waals surface area contributed by atoms with Crippen LogP contribution in [-0.2, 0) is 19.1 Å². The smallest absolute Gasteiger partial charge is 0.305 e. The third-order valence-electron chi connectivity index (χ3n) is 6.86. The molecular weight excluding hydrogens is 452 g/mol. The van der Waals surface area contributed by atoms with Crippen molar-refractivity contribution in [2.24, 2.45) is 5.92 Å². The van der Waals surface area contributed by atoms with E-state index in [2.05, 4.69) is 22.3 Å². The summed E-state index contributed by atoms with van der Waals surface area (Å²) in [6, 6.07) is -0.515. The average Bonchev–Trinajstić information content (AvgIpc) is 2.86. The van der Waals surface area contributed by atoms with E-state index in [9.17, 15) is 14.4 Å². The fourth-order valence-corrected chi connectivity index (χ4v) is 4.43. The lowest BCUT2D eigenvalue weighted by Gasteiger charge is -2.21. The fourth-order valence-electron chi connectivity index (χ4n) is 4.43. The van der Waals surface area contributed by atoms with Crippen LogP contribution < -0.4 is 10.6 Å². The number of rotatable bonds is 25. The summed E-state index contributed by atoms with van der Waals surface area (Å²) in [5, 5.41) is 5.85. The van der Waals surface area contributed by atoms with Gasteiger partial charge in [0.15, 0.2) is 0 Å². The SMILES string of the molecule is CCCCCCCCCCCCCCCCCCNC(=O)[C@@H](NC(=O)CCCCC(=O)OC)C(C)C. The van der Waals surface area contributed by atoms with E-state index in [1.54, 1.807) is 0 Å². The molecule has 0 spiro atoms. The van der Waals surface area contributed by atoms with Crippen LogP contribution in [0.1, 0.15) is 149 Å². The van der Waals surface area contributed by atoms with Gasteiger partial charge in [-0.15, -0.1) is 0 Å². The van der Waals surface area contributed by atoms with Crippen LogP contribution in [0, 0.1) is 5.92 Å². The molecule has 212 valence electrons. The summed E-state index contributed by atoms with van der Waals surface area (Å²) in [4.78, 5) is 35.9. The van der Waals surface area contributed by atoms with E-state index in [1.165, 1.54) is 97.0 Å². The number of amides is 2. The number of carbonyl (C=O) groups is 3. The highest BCUT2D eigenvalue weighted by molar-refractivity contribution is 5.87. The number of methoxy groups -OCH3 is 1. The molecule has 0 rings (SSSR count). The molecule has 6 nitrogen and oxygen atoms in total. The normalized spacial score (nSPS) is 11.9. The summed E-state index contributed by atoms with van der Waals surface area (Å²) in [6.45, 7) is 6.82. The minimum atomic E-state index is -0.515. The molecule has 0 unspecified atom stereocenters. The Balaban J connectivity index is 3.66. The topological polar surface area (TPSA) is 84.5 Å². The van der Waals surface area contributed by atoms with Gasteiger partial charge in [0, 0.05) is 19.4 Å². The molecule has 36 heavy (non-hydrogen) atoms. The predicted octanol–water partition coefficient (Wildman–Crippen LogP) is 7.24. The third-order valence-corrected chi connectivity index (χ3v) is 6.86. The Morgan fingerprint density at radius 3 is 1.53 bits per heavy atom. The first kappa shape index (κ1) is 34.4. The summed E-state index contributed by atoms with van der Waals surface area (Å²) in [7, 11) is 1.36. The van der Waals surface area contributed by atoms with Gasteiger partial charge in [0.25, 0.3) is 0 Å². The Kier molecular flexibility index (Phi) is 24.0. The Morgan fingerprint density at radius 2 is 1.08 bits per heavy atom. The van der Waals surface area contributed by atoms with E-state index in [0.29, 0.717) is 32.2 Å². The first-order valence-corrected chi connectivity index (χ1v) is 15.1. The van der Waals surface area contributed by atoms with E-state index < -0.39 is 6.04 Å². The summed E-state index contributed by atoms with van der Waals surface area (Å²) in [6.07, 6.45) is 23.1. The standard InChI is InChI=1S/C30H58N2O4/c1-5-6-7-8-9-10-11-12-13-14-15-16-17-18-19-22-25-31-30(35)29(26(2)3)32-27(33)23-20-21-24-28(34)36-4/h26,29H,5-25H2,1-4H3,(H,31,35)(H,32,33)/t29-/m0/s1. The van der Waals surface area contributed by atoms with Gasteiger partial charge in [-0.05, 0) is 25.2 Å². The van der Waals surface area contributed by atoms with Crippen LogP contribution in [0.25, 0.3) is 0 Å². The van der Waals surface area contributed by atoms with Crippen LogP contribution in [0.3, 0.4) is 0 Å². The van der Waals surface area contributed by atoms with E-state index in [-0.39, 0.29) is 23.7 Å².